The highest BCUT2D eigenvalue weighted by molar-refractivity contribution is 5.60. The quantitative estimate of drug-likeness (QED) is 0.188. The fourth-order valence-electron chi connectivity index (χ4n) is 4.51. The molecule has 0 aliphatic rings. The summed E-state index contributed by atoms with van der Waals surface area (Å²) in [7, 11) is 0. The van der Waals surface area contributed by atoms with Gasteiger partial charge in [0.15, 0.2) is 5.82 Å². The first-order valence-electron chi connectivity index (χ1n) is 14.0. The molecule has 0 bridgehead atoms. The minimum Gasteiger partial charge on any atom is -0.372 e. The lowest BCUT2D eigenvalue weighted by Gasteiger charge is -2.25. The highest BCUT2D eigenvalue weighted by Gasteiger charge is 2.08. The van der Waals surface area contributed by atoms with Gasteiger partial charge in [-0.05, 0) is 43.2 Å². The highest BCUT2D eigenvalue weighted by atomic mass is 15.1. The van der Waals surface area contributed by atoms with E-state index in [-0.39, 0.29) is 0 Å². The average molecular weight is 452 g/mol. The molecule has 0 aliphatic carbocycles. The molecule has 0 fully saturated rings. The number of anilines is 1. The molecule has 0 atom stereocenters. The Balaban J connectivity index is 1.79. The van der Waals surface area contributed by atoms with Crippen molar-refractivity contribution < 1.29 is 0 Å². The summed E-state index contributed by atoms with van der Waals surface area (Å²) in [4.78, 5) is 11.4. The maximum absolute atomic E-state index is 4.39. The Kier molecular flexibility index (Phi) is 15.3. The van der Waals surface area contributed by atoms with Gasteiger partial charge in [0.25, 0.3) is 0 Å². The first-order valence-corrected chi connectivity index (χ1v) is 14.0. The summed E-state index contributed by atoms with van der Waals surface area (Å²) in [5, 5.41) is 0. The van der Waals surface area contributed by atoms with Crippen molar-refractivity contribution in [2.24, 2.45) is 0 Å². The van der Waals surface area contributed by atoms with Crippen LogP contribution in [-0.4, -0.2) is 23.1 Å². The van der Waals surface area contributed by atoms with Gasteiger partial charge in [-0.25, -0.2) is 9.97 Å². The number of hydrogen-bond donors (Lipinski definition) is 0. The van der Waals surface area contributed by atoms with E-state index in [0.717, 1.165) is 11.4 Å². The molecular weight excluding hydrogens is 402 g/mol. The van der Waals surface area contributed by atoms with Crippen LogP contribution in [-0.2, 0) is 0 Å². The lowest BCUT2D eigenvalue weighted by molar-refractivity contribution is 0.555. The zero-order valence-electron chi connectivity index (χ0n) is 21.6. The van der Waals surface area contributed by atoms with E-state index in [2.05, 4.69) is 53.0 Å². The van der Waals surface area contributed by atoms with Crippen LogP contribution in [0.1, 0.15) is 117 Å². The van der Waals surface area contributed by atoms with Crippen LogP contribution in [0.2, 0.25) is 0 Å². The molecule has 1 heterocycles. The predicted octanol–water partition coefficient (Wildman–Crippen LogP) is 9.23. The summed E-state index contributed by atoms with van der Waals surface area (Å²) >= 11 is 0. The Hall–Kier alpha value is -1.90. The summed E-state index contributed by atoms with van der Waals surface area (Å²) in [6, 6.07) is 10.8. The van der Waals surface area contributed by atoms with Gasteiger partial charge in [0.05, 0.1) is 0 Å². The molecular formula is C30H49N3. The van der Waals surface area contributed by atoms with Gasteiger partial charge in [-0.15, -0.1) is 0 Å². The molecule has 1 aromatic heterocycles. The van der Waals surface area contributed by atoms with E-state index in [9.17, 15) is 0 Å². The molecule has 0 aliphatic heterocycles. The number of unbranched alkanes of at least 4 members (excludes halogenated alkanes) is 14. The number of rotatable bonds is 20. The van der Waals surface area contributed by atoms with Crippen molar-refractivity contribution in [3.05, 3.63) is 42.7 Å². The fourth-order valence-corrected chi connectivity index (χ4v) is 4.51. The van der Waals surface area contributed by atoms with Crippen molar-refractivity contribution in [2.45, 2.75) is 117 Å². The second-order valence-electron chi connectivity index (χ2n) is 9.56. The lowest BCUT2D eigenvalue weighted by Crippen LogP contribution is -2.25. The van der Waals surface area contributed by atoms with Crippen molar-refractivity contribution in [3.63, 3.8) is 0 Å². The van der Waals surface area contributed by atoms with Crippen molar-refractivity contribution in [1.29, 1.82) is 0 Å². The number of aromatic nitrogens is 2. The molecule has 0 spiro atoms. The minimum absolute atomic E-state index is 0.807. The molecule has 2 rings (SSSR count). The Bertz CT molecular complexity index is 663. The zero-order valence-corrected chi connectivity index (χ0v) is 21.6. The van der Waals surface area contributed by atoms with Crippen LogP contribution in [0.25, 0.3) is 11.4 Å². The molecule has 0 amide bonds. The predicted molar refractivity (Wildman–Crippen MR) is 145 cm³/mol. The standard InChI is InChI=1S/C30H49N3/c1-3-5-7-9-11-13-15-17-26-33(27-18-16-14-12-10-8-6-4-2)29-22-20-28(21-23-29)30-31-24-19-25-32-30/h19-25H,3-18,26-27H2,1-2H3. The van der Waals surface area contributed by atoms with Gasteiger partial charge >= 0.3 is 0 Å². The summed E-state index contributed by atoms with van der Waals surface area (Å²) in [6.45, 7) is 6.93. The molecule has 184 valence electrons. The second kappa shape index (κ2) is 18.5. The summed E-state index contributed by atoms with van der Waals surface area (Å²) in [5.41, 5.74) is 2.44. The van der Waals surface area contributed by atoms with E-state index in [0.29, 0.717) is 0 Å². The zero-order chi connectivity index (χ0) is 23.4. The summed E-state index contributed by atoms with van der Waals surface area (Å²) in [6.07, 6.45) is 25.7. The van der Waals surface area contributed by atoms with Crippen LogP contribution >= 0.6 is 0 Å². The average Bonchev–Trinajstić information content (AvgIpc) is 2.86. The van der Waals surface area contributed by atoms with Gasteiger partial charge < -0.3 is 4.90 Å². The number of hydrogen-bond acceptors (Lipinski definition) is 3. The van der Waals surface area contributed by atoms with E-state index in [1.165, 1.54) is 122 Å². The van der Waals surface area contributed by atoms with Crippen LogP contribution < -0.4 is 4.90 Å². The molecule has 0 saturated heterocycles. The molecule has 3 nitrogen and oxygen atoms in total. The van der Waals surface area contributed by atoms with Crippen molar-refractivity contribution in [3.8, 4) is 11.4 Å². The largest absolute Gasteiger partial charge is 0.372 e. The normalized spacial score (nSPS) is 11.1. The molecule has 0 N–H and O–H groups in total. The van der Waals surface area contributed by atoms with Crippen LogP contribution in [0.3, 0.4) is 0 Å². The Morgan fingerprint density at radius 1 is 0.545 bits per heavy atom. The van der Waals surface area contributed by atoms with Crippen LogP contribution in [0.5, 0.6) is 0 Å². The third-order valence-corrected chi connectivity index (χ3v) is 6.62. The minimum atomic E-state index is 0.807. The Morgan fingerprint density at radius 3 is 1.42 bits per heavy atom. The number of benzene rings is 1. The van der Waals surface area contributed by atoms with E-state index < -0.39 is 0 Å². The van der Waals surface area contributed by atoms with E-state index in [1.807, 2.05) is 18.5 Å². The lowest BCUT2D eigenvalue weighted by atomic mass is 10.1. The second-order valence-corrected chi connectivity index (χ2v) is 9.56. The maximum Gasteiger partial charge on any atom is 0.159 e. The van der Waals surface area contributed by atoms with Gasteiger partial charge in [-0.3, -0.25) is 0 Å². The topological polar surface area (TPSA) is 29.0 Å². The van der Waals surface area contributed by atoms with E-state index in [1.54, 1.807) is 0 Å². The first kappa shape index (κ1) is 27.3. The smallest absolute Gasteiger partial charge is 0.159 e. The Morgan fingerprint density at radius 2 is 0.970 bits per heavy atom. The van der Waals surface area contributed by atoms with Crippen LogP contribution in [0.4, 0.5) is 5.69 Å². The van der Waals surface area contributed by atoms with E-state index in [4.69, 9.17) is 0 Å². The highest BCUT2D eigenvalue weighted by Crippen LogP contribution is 2.22. The van der Waals surface area contributed by atoms with Gasteiger partial charge in [-0.2, -0.15) is 0 Å². The molecule has 0 radical (unpaired) electrons. The van der Waals surface area contributed by atoms with E-state index >= 15 is 0 Å². The fraction of sp³-hybridized carbons (Fsp3) is 0.667. The summed E-state index contributed by atoms with van der Waals surface area (Å²) in [5.74, 6) is 0.807. The third-order valence-electron chi connectivity index (χ3n) is 6.62. The molecule has 2 aromatic rings. The first-order chi connectivity index (χ1) is 16.3. The molecule has 33 heavy (non-hydrogen) atoms. The summed E-state index contributed by atoms with van der Waals surface area (Å²) < 4.78 is 0. The maximum atomic E-state index is 4.39. The van der Waals surface area contributed by atoms with Crippen LogP contribution in [0.15, 0.2) is 42.7 Å². The molecule has 0 saturated carbocycles. The Labute approximate surface area is 204 Å². The van der Waals surface area contributed by atoms with Gasteiger partial charge in [0.2, 0.25) is 0 Å². The van der Waals surface area contributed by atoms with Crippen molar-refractivity contribution in [2.75, 3.05) is 18.0 Å². The monoisotopic (exact) mass is 451 g/mol. The van der Waals surface area contributed by atoms with Crippen LogP contribution in [0, 0.1) is 0 Å². The van der Waals surface area contributed by atoms with Crippen molar-refractivity contribution in [1.82, 2.24) is 9.97 Å². The van der Waals surface area contributed by atoms with Gasteiger partial charge in [0.1, 0.15) is 0 Å². The number of nitrogens with zero attached hydrogens (tertiary/aromatic N) is 3. The SMILES string of the molecule is CCCCCCCCCCN(CCCCCCCCCC)c1ccc(-c2ncccn2)cc1. The molecule has 3 heteroatoms. The van der Waals surface area contributed by atoms with Crippen molar-refractivity contribution >= 4 is 5.69 Å². The molecule has 0 unspecified atom stereocenters. The molecule has 1 aromatic carbocycles. The van der Waals surface area contributed by atoms with Gasteiger partial charge in [0, 0.05) is 36.7 Å². The third kappa shape index (κ3) is 12.2. The van der Waals surface area contributed by atoms with Gasteiger partial charge in [-0.1, -0.05) is 104 Å².